The van der Waals surface area contributed by atoms with E-state index in [2.05, 4.69) is 15.6 Å². The molecule has 2 amide bonds. The molecule has 3 aromatic rings. The van der Waals surface area contributed by atoms with Crippen molar-refractivity contribution in [3.63, 3.8) is 0 Å². The molecule has 0 saturated heterocycles. The Bertz CT molecular complexity index is 1070. The number of nitrogens with one attached hydrogen (secondary N) is 2. The minimum absolute atomic E-state index is 0.0610. The minimum Gasteiger partial charge on any atom is -0.325 e. The predicted octanol–water partition coefficient (Wildman–Crippen LogP) is 4.05. The lowest BCUT2D eigenvalue weighted by molar-refractivity contribution is -0.119. The second-order valence-electron chi connectivity index (χ2n) is 7.40. The Morgan fingerprint density at radius 3 is 2.64 bits per heavy atom. The van der Waals surface area contributed by atoms with Gasteiger partial charge in [-0.2, -0.15) is 0 Å². The van der Waals surface area contributed by atoms with Gasteiger partial charge >= 0.3 is 0 Å². The molecule has 2 N–H and O–H groups in total. The quantitative estimate of drug-likeness (QED) is 0.723. The lowest BCUT2D eigenvalue weighted by Gasteiger charge is -2.15. The smallest absolute Gasteiger partial charge is 0.258 e. The molecule has 0 aliphatic carbocycles. The van der Waals surface area contributed by atoms with Crippen LogP contribution in [0.4, 0.5) is 11.6 Å². The highest BCUT2D eigenvalue weighted by molar-refractivity contribution is 6.09. The number of benzene rings is 2. The minimum atomic E-state index is -0.590. The molecule has 142 valence electrons. The Hall–Kier alpha value is -3.41. The number of carbonyl (C=O) groups is 2. The van der Waals surface area contributed by atoms with E-state index in [0.29, 0.717) is 23.7 Å². The molecule has 6 nitrogen and oxygen atoms in total. The van der Waals surface area contributed by atoms with Crippen LogP contribution in [0.1, 0.15) is 36.7 Å². The van der Waals surface area contributed by atoms with Crippen molar-refractivity contribution in [3.05, 3.63) is 65.9 Å². The first kappa shape index (κ1) is 18.0. The van der Waals surface area contributed by atoms with Crippen LogP contribution < -0.4 is 10.6 Å². The van der Waals surface area contributed by atoms with E-state index in [9.17, 15) is 9.59 Å². The van der Waals surface area contributed by atoms with Gasteiger partial charge in [-0.15, -0.1) is 0 Å². The van der Waals surface area contributed by atoms with Crippen LogP contribution in [0.25, 0.3) is 11.3 Å². The SMILES string of the molecule is CCn1cc(-c2ccccc2)nc1NC(=O)c1ccc2c(c1)NC(=O)C2(C)C. The molecular weight excluding hydrogens is 352 g/mol. The Balaban J connectivity index is 1.61. The number of rotatable bonds is 4. The number of hydrogen-bond donors (Lipinski definition) is 2. The van der Waals surface area contributed by atoms with E-state index in [-0.39, 0.29) is 11.8 Å². The molecule has 2 heterocycles. The van der Waals surface area contributed by atoms with Gasteiger partial charge in [0, 0.05) is 29.6 Å². The number of aryl methyl sites for hydroxylation is 1. The van der Waals surface area contributed by atoms with Crippen LogP contribution in [-0.4, -0.2) is 21.4 Å². The predicted molar refractivity (Wildman–Crippen MR) is 109 cm³/mol. The zero-order valence-corrected chi connectivity index (χ0v) is 16.1. The molecule has 4 rings (SSSR count). The van der Waals surface area contributed by atoms with Gasteiger partial charge in [0.2, 0.25) is 11.9 Å². The average Bonchev–Trinajstić information content (AvgIpc) is 3.20. The summed E-state index contributed by atoms with van der Waals surface area (Å²) in [6.45, 7) is 6.43. The first-order valence-corrected chi connectivity index (χ1v) is 9.30. The van der Waals surface area contributed by atoms with Crippen LogP contribution in [0, 0.1) is 0 Å². The number of fused-ring (bicyclic) bond motifs is 1. The van der Waals surface area contributed by atoms with Gasteiger partial charge in [0.25, 0.3) is 5.91 Å². The number of nitrogens with zero attached hydrogens (tertiary/aromatic N) is 2. The average molecular weight is 374 g/mol. The summed E-state index contributed by atoms with van der Waals surface area (Å²) in [7, 11) is 0. The molecule has 0 unspecified atom stereocenters. The van der Waals surface area contributed by atoms with E-state index in [4.69, 9.17) is 0 Å². The standard InChI is InChI=1S/C22H22N4O2/c1-4-26-13-18(14-8-6-5-7-9-14)24-21(26)25-19(27)15-10-11-16-17(12-15)23-20(28)22(16,2)3/h5-13H,4H2,1-3H3,(H,23,28)(H,24,25,27). The molecule has 0 atom stereocenters. The third-order valence-corrected chi connectivity index (χ3v) is 5.18. The Labute approximate surface area is 163 Å². The molecule has 0 radical (unpaired) electrons. The van der Waals surface area contributed by atoms with Gasteiger partial charge in [-0.25, -0.2) is 4.98 Å². The molecule has 1 aliphatic heterocycles. The maximum atomic E-state index is 12.8. The fraction of sp³-hybridized carbons (Fsp3) is 0.227. The third-order valence-electron chi connectivity index (χ3n) is 5.18. The van der Waals surface area contributed by atoms with Gasteiger partial charge in [-0.3, -0.25) is 14.9 Å². The lowest BCUT2D eigenvalue weighted by Crippen LogP contribution is -2.26. The van der Waals surface area contributed by atoms with Crippen molar-refractivity contribution in [2.75, 3.05) is 10.6 Å². The number of imidazole rings is 1. The van der Waals surface area contributed by atoms with Crippen molar-refractivity contribution < 1.29 is 9.59 Å². The maximum Gasteiger partial charge on any atom is 0.258 e. The Morgan fingerprint density at radius 1 is 1.18 bits per heavy atom. The van der Waals surface area contributed by atoms with Crippen LogP contribution >= 0.6 is 0 Å². The van der Waals surface area contributed by atoms with Crippen LogP contribution in [0.15, 0.2) is 54.7 Å². The Morgan fingerprint density at radius 2 is 1.93 bits per heavy atom. The van der Waals surface area contributed by atoms with Gasteiger partial charge < -0.3 is 9.88 Å². The second-order valence-corrected chi connectivity index (χ2v) is 7.40. The molecule has 28 heavy (non-hydrogen) atoms. The highest BCUT2D eigenvalue weighted by atomic mass is 16.2. The van der Waals surface area contributed by atoms with Gasteiger partial charge in [-0.1, -0.05) is 36.4 Å². The maximum absolute atomic E-state index is 12.8. The van der Waals surface area contributed by atoms with Gasteiger partial charge in [0.05, 0.1) is 11.1 Å². The van der Waals surface area contributed by atoms with E-state index in [1.165, 1.54) is 0 Å². The molecule has 1 aromatic heterocycles. The number of amides is 2. The normalized spacial score (nSPS) is 14.5. The molecular formula is C22H22N4O2. The summed E-state index contributed by atoms with van der Waals surface area (Å²) in [5, 5.41) is 5.75. The fourth-order valence-corrected chi connectivity index (χ4v) is 3.41. The molecule has 0 bridgehead atoms. The second kappa shape index (κ2) is 6.64. The van der Waals surface area contributed by atoms with Crippen molar-refractivity contribution in [1.82, 2.24) is 9.55 Å². The summed E-state index contributed by atoms with van der Waals surface area (Å²) in [5.74, 6) is 0.173. The summed E-state index contributed by atoms with van der Waals surface area (Å²) in [6, 6.07) is 15.1. The van der Waals surface area contributed by atoms with Crippen LogP contribution in [-0.2, 0) is 16.8 Å². The highest BCUT2D eigenvalue weighted by Gasteiger charge is 2.38. The van der Waals surface area contributed by atoms with E-state index >= 15 is 0 Å². The molecule has 0 saturated carbocycles. The van der Waals surface area contributed by atoms with Gasteiger partial charge in [-0.05, 0) is 38.5 Å². The largest absolute Gasteiger partial charge is 0.325 e. The summed E-state index contributed by atoms with van der Waals surface area (Å²) < 4.78 is 1.90. The van der Waals surface area contributed by atoms with E-state index in [1.54, 1.807) is 12.1 Å². The topological polar surface area (TPSA) is 76.0 Å². The van der Waals surface area contributed by atoms with Gasteiger partial charge in [0.1, 0.15) is 0 Å². The van der Waals surface area contributed by atoms with Crippen molar-refractivity contribution in [2.24, 2.45) is 0 Å². The van der Waals surface area contributed by atoms with Crippen LogP contribution in [0.3, 0.4) is 0 Å². The first-order chi connectivity index (χ1) is 13.4. The van der Waals surface area contributed by atoms with E-state index in [1.807, 2.05) is 67.9 Å². The number of anilines is 2. The first-order valence-electron chi connectivity index (χ1n) is 9.30. The Kier molecular flexibility index (Phi) is 4.26. The molecule has 0 spiro atoms. The van der Waals surface area contributed by atoms with Crippen molar-refractivity contribution in [2.45, 2.75) is 32.7 Å². The number of hydrogen-bond acceptors (Lipinski definition) is 3. The number of carbonyl (C=O) groups excluding carboxylic acids is 2. The molecule has 2 aromatic carbocycles. The van der Waals surface area contributed by atoms with Crippen molar-refractivity contribution >= 4 is 23.5 Å². The van der Waals surface area contributed by atoms with Crippen molar-refractivity contribution in [1.29, 1.82) is 0 Å². The number of aromatic nitrogens is 2. The van der Waals surface area contributed by atoms with Crippen LogP contribution in [0.5, 0.6) is 0 Å². The molecule has 1 aliphatic rings. The lowest BCUT2D eigenvalue weighted by atomic mass is 9.86. The third kappa shape index (κ3) is 2.97. The summed E-state index contributed by atoms with van der Waals surface area (Å²) in [5.41, 5.74) is 3.27. The zero-order chi connectivity index (χ0) is 19.9. The monoisotopic (exact) mass is 374 g/mol. The summed E-state index contributed by atoms with van der Waals surface area (Å²) in [4.78, 5) is 29.5. The fourth-order valence-electron chi connectivity index (χ4n) is 3.41. The highest BCUT2D eigenvalue weighted by Crippen LogP contribution is 2.37. The summed E-state index contributed by atoms with van der Waals surface area (Å²) >= 11 is 0. The summed E-state index contributed by atoms with van der Waals surface area (Å²) in [6.07, 6.45) is 1.93. The van der Waals surface area contributed by atoms with Crippen LogP contribution in [0.2, 0.25) is 0 Å². The molecule has 0 fully saturated rings. The van der Waals surface area contributed by atoms with Gasteiger partial charge in [0.15, 0.2) is 0 Å². The van der Waals surface area contributed by atoms with E-state index in [0.717, 1.165) is 16.8 Å². The molecule has 6 heteroatoms. The van der Waals surface area contributed by atoms with Crippen molar-refractivity contribution in [3.8, 4) is 11.3 Å². The van der Waals surface area contributed by atoms with E-state index < -0.39 is 5.41 Å². The zero-order valence-electron chi connectivity index (χ0n) is 16.1.